The highest BCUT2D eigenvalue weighted by Gasteiger charge is 2.45. The lowest BCUT2D eigenvalue weighted by Crippen LogP contribution is -2.34. The summed E-state index contributed by atoms with van der Waals surface area (Å²) in [7, 11) is 0. The van der Waals surface area contributed by atoms with Crippen LogP contribution < -0.4 is 0 Å². The molecule has 0 radical (unpaired) electrons. The van der Waals surface area contributed by atoms with Crippen molar-refractivity contribution in [2.45, 2.75) is 32.6 Å². The maximum absolute atomic E-state index is 12.7. The Hall–Kier alpha value is -2.79. The normalized spacial score (nSPS) is 14.6. The van der Waals surface area contributed by atoms with Gasteiger partial charge in [0, 0.05) is 23.8 Å². The van der Waals surface area contributed by atoms with Crippen LogP contribution in [0.15, 0.2) is 53.9 Å². The number of ketones is 1. The first kappa shape index (κ1) is 18.6. The third-order valence-corrected chi connectivity index (χ3v) is 6.33. The summed E-state index contributed by atoms with van der Waals surface area (Å²) in [4.78, 5) is 29.3. The van der Waals surface area contributed by atoms with Crippen LogP contribution in [0.3, 0.4) is 0 Å². The van der Waals surface area contributed by atoms with Gasteiger partial charge in [0.1, 0.15) is 10.8 Å². The van der Waals surface area contributed by atoms with E-state index in [4.69, 9.17) is 0 Å². The third kappa shape index (κ3) is 3.62. The molecule has 0 saturated carbocycles. The van der Waals surface area contributed by atoms with E-state index in [1.54, 1.807) is 0 Å². The zero-order valence-electron chi connectivity index (χ0n) is 15.6. The van der Waals surface area contributed by atoms with E-state index in [9.17, 15) is 14.7 Å². The smallest absolute Gasteiger partial charge is 0.310 e. The fourth-order valence-electron chi connectivity index (χ4n) is 3.90. The fraction of sp³-hybridized carbons (Fsp3) is 0.261. The summed E-state index contributed by atoms with van der Waals surface area (Å²) in [5.74, 6) is -0.966. The van der Waals surface area contributed by atoms with Crippen molar-refractivity contribution in [3.05, 3.63) is 76.3 Å². The lowest BCUT2D eigenvalue weighted by atomic mass is 9.79. The molecule has 1 heterocycles. The van der Waals surface area contributed by atoms with Gasteiger partial charge in [-0.3, -0.25) is 9.59 Å². The third-order valence-electron chi connectivity index (χ3n) is 5.39. The molecule has 1 aliphatic rings. The van der Waals surface area contributed by atoms with Crippen LogP contribution in [0, 0.1) is 12.3 Å². The highest BCUT2D eigenvalue weighted by molar-refractivity contribution is 7.13. The summed E-state index contributed by atoms with van der Waals surface area (Å²) >= 11 is 1.51. The van der Waals surface area contributed by atoms with Crippen molar-refractivity contribution in [1.82, 2.24) is 4.98 Å². The number of carbonyl (C=O) groups is 2. The van der Waals surface area contributed by atoms with E-state index in [0.29, 0.717) is 18.5 Å². The van der Waals surface area contributed by atoms with Crippen LogP contribution in [0.2, 0.25) is 0 Å². The molecule has 0 unspecified atom stereocenters. The van der Waals surface area contributed by atoms with Gasteiger partial charge in [-0.15, -0.1) is 11.3 Å². The Kier molecular flexibility index (Phi) is 4.85. The average Bonchev–Trinajstić information content (AvgIpc) is 3.27. The summed E-state index contributed by atoms with van der Waals surface area (Å²) in [6.45, 7) is 2.04. The molecule has 1 aromatic heterocycles. The number of aryl methyl sites for hydroxylation is 1. The first-order valence-electron chi connectivity index (χ1n) is 9.28. The van der Waals surface area contributed by atoms with Gasteiger partial charge >= 0.3 is 5.97 Å². The van der Waals surface area contributed by atoms with Gasteiger partial charge in [0.2, 0.25) is 0 Å². The minimum atomic E-state index is -1.03. The molecule has 0 spiro atoms. The molecule has 0 aliphatic heterocycles. The van der Waals surface area contributed by atoms with Gasteiger partial charge in [-0.25, -0.2) is 4.98 Å². The average molecular weight is 391 g/mol. The van der Waals surface area contributed by atoms with Gasteiger partial charge in [0.25, 0.3) is 0 Å². The number of hydrogen-bond donors (Lipinski definition) is 1. The number of fused-ring (bicyclic) bond motifs is 1. The second-order valence-corrected chi connectivity index (χ2v) is 8.47. The number of carbonyl (C=O) groups excluding carboxylic acids is 1. The van der Waals surface area contributed by atoms with Crippen LogP contribution in [0.25, 0.3) is 10.6 Å². The molecular weight excluding hydrogens is 370 g/mol. The summed E-state index contributed by atoms with van der Waals surface area (Å²) in [5, 5.41) is 12.6. The van der Waals surface area contributed by atoms with Crippen LogP contribution in [0.1, 0.15) is 28.8 Å². The number of carboxylic acids is 1. The topological polar surface area (TPSA) is 67.3 Å². The molecule has 4 rings (SSSR count). The van der Waals surface area contributed by atoms with E-state index in [1.165, 1.54) is 16.9 Å². The highest BCUT2D eigenvalue weighted by atomic mass is 32.1. The maximum atomic E-state index is 12.7. The molecule has 0 atom stereocenters. The maximum Gasteiger partial charge on any atom is 0.310 e. The second-order valence-electron chi connectivity index (χ2n) is 7.61. The van der Waals surface area contributed by atoms with Gasteiger partial charge in [0.15, 0.2) is 0 Å². The van der Waals surface area contributed by atoms with Crippen molar-refractivity contribution < 1.29 is 14.7 Å². The number of aromatic nitrogens is 1. The van der Waals surface area contributed by atoms with Gasteiger partial charge in [0.05, 0.1) is 11.1 Å². The van der Waals surface area contributed by atoms with Crippen molar-refractivity contribution in [1.29, 1.82) is 0 Å². The van der Waals surface area contributed by atoms with E-state index in [0.717, 1.165) is 21.7 Å². The standard InChI is InChI=1S/C23H21NO3S/c1-15-6-8-16(9-7-15)21-24-19(14-28-21)10-20(25)13-23(22(26)27)11-17-4-2-3-5-18(17)12-23/h2-9,14H,10-13H2,1H3,(H,26,27). The Balaban J connectivity index is 1.47. The number of aliphatic carboxylic acids is 1. The largest absolute Gasteiger partial charge is 0.481 e. The minimum Gasteiger partial charge on any atom is -0.481 e. The summed E-state index contributed by atoms with van der Waals surface area (Å²) < 4.78 is 0. The van der Waals surface area contributed by atoms with Crippen LogP contribution in [-0.2, 0) is 28.9 Å². The Morgan fingerprint density at radius 3 is 2.32 bits per heavy atom. The number of carboxylic acid groups (broad SMARTS) is 1. The Labute approximate surface area is 167 Å². The monoisotopic (exact) mass is 391 g/mol. The van der Waals surface area contributed by atoms with E-state index in [2.05, 4.69) is 4.98 Å². The van der Waals surface area contributed by atoms with E-state index in [-0.39, 0.29) is 18.6 Å². The number of Topliss-reactive ketones (excluding diaryl/α,β-unsaturated/α-hetero) is 1. The molecule has 0 bridgehead atoms. The molecule has 28 heavy (non-hydrogen) atoms. The molecule has 0 amide bonds. The molecule has 5 heteroatoms. The SMILES string of the molecule is Cc1ccc(-c2nc(CC(=O)CC3(C(=O)O)Cc4ccccc4C3)cs2)cc1. The predicted octanol–water partition coefficient (Wildman–Crippen LogP) is 4.49. The predicted molar refractivity (Wildman–Crippen MR) is 110 cm³/mol. The number of benzene rings is 2. The van der Waals surface area contributed by atoms with Gasteiger partial charge in [-0.1, -0.05) is 54.1 Å². The van der Waals surface area contributed by atoms with Crippen LogP contribution >= 0.6 is 11.3 Å². The van der Waals surface area contributed by atoms with E-state index >= 15 is 0 Å². The van der Waals surface area contributed by atoms with Crippen molar-refractivity contribution in [3.63, 3.8) is 0 Å². The molecule has 4 nitrogen and oxygen atoms in total. The van der Waals surface area contributed by atoms with Crippen LogP contribution in [0.5, 0.6) is 0 Å². The Morgan fingerprint density at radius 1 is 1.07 bits per heavy atom. The van der Waals surface area contributed by atoms with E-state index in [1.807, 2.05) is 60.8 Å². The van der Waals surface area contributed by atoms with Gasteiger partial charge in [-0.05, 0) is 30.9 Å². The minimum absolute atomic E-state index is 0.0361. The number of nitrogens with zero attached hydrogens (tertiary/aromatic N) is 1. The summed E-state index contributed by atoms with van der Waals surface area (Å²) in [6, 6.07) is 15.9. The number of hydrogen-bond acceptors (Lipinski definition) is 4. The van der Waals surface area contributed by atoms with Crippen LogP contribution in [-0.4, -0.2) is 21.8 Å². The molecular formula is C23H21NO3S. The van der Waals surface area contributed by atoms with Crippen LogP contribution in [0.4, 0.5) is 0 Å². The molecule has 2 aromatic carbocycles. The quantitative estimate of drug-likeness (QED) is 0.672. The molecule has 0 fully saturated rings. The van der Waals surface area contributed by atoms with Gasteiger partial charge < -0.3 is 5.11 Å². The lowest BCUT2D eigenvalue weighted by molar-refractivity contribution is -0.151. The lowest BCUT2D eigenvalue weighted by Gasteiger charge is -2.22. The highest BCUT2D eigenvalue weighted by Crippen LogP contribution is 2.40. The molecule has 1 N–H and O–H groups in total. The molecule has 0 saturated heterocycles. The first-order chi connectivity index (χ1) is 13.4. The van der Waals surface area contributed by atoms with Crippen molar-refractivity contribution in [3.8, 4) is 10.6 Å². The van der Waals surface area contributed by atoms with Gasteiger partial charge in [-0.2, -0.15) is 0 Å². The zero-order valence-corrected chi connectivity index (χ0v) is 16.5. The fourth-order valence-corrected chi connectivity index (χ4v) is 4.73. The summed E-state index contributed by atoms with van der Waals surface area (Å²) in [6.07, 6.45) is 1.04. The number of rotatable bonds is 6. The molecule has 1 aliphatic carbocycles. The molecule has 142 valence electrons. The van der Waals surface area contributed by atoms with Crippen molar-refractivity contribution in [2.75, 3.05) is 0 Å². The molecule has 3 aromatic rings. The second kappa shape index (κ2) is 7.32. The summed E-state index contributed by atoms with van der Waals surface area (Å²) in [5.41, 5.74) is 3.97. The number of thiazole rings is 1. The Bertz CT molecular complexity index is 1010. The first-order valence-corrected chi connectivity index (χ1v) is 10.2. The van der Waals surface area contributed by atoms with E-state index < -0.39 is 11.4 Å². The zero-order chi connectivity index (χ0) is 19.7. The van der Waals surface area contributed by atoms with Crippen molar-refractivity contribution >= 4 is 23.1 Å². The van der Waals surface area contributed by atoms with Crippen molar-refractivity contribution in [2.24, 2.45) is 5.41 Å². The Morgan fingerprint density at radius 2 is 1.71 bits per heavy atom.